The van der Waals surface area contributed by atoms with Gasteiger partial charge < -0.3 is 10.2 Å². The van der Waals surface area contributed by atoms with Crippen molar-refractivity contribution in [2.75, 3.05) is 0 Å². The molecule has 2 heteroatoms. The summed E-state index contributed by atoms with van der Waals surface area (Å²) in [5.74, 6) is 1.33. The van der Waals surface area contributed by atoms with Crippen LogP contribution in [-0.2, 0) is 0 Å². The van der Waals surface area contributed by atoms with Gasteiger partial charge >= 0.3 is 0 Å². The minimum atomic E-state index is 0.286. The minimum absolute atomic E-state index is 0.286. The zero-order chi connectivity index (χ0) is 32.1. The van der Waals surface area contributed by atoms with Crippen LogP contribution in [0, 0.1) is 0 Å². The van der Waals surface area contributed by atoms with Gasteiger partial charge in [-0.25, -0.2) is 0 Å². The molecule has 0 aromatic heterocycles. The molecular formula is C42H78O2. The zero-order valence-corrected chi connectivity index (χ0v) is 30.4. The Kier molecular flexibility index (Phi) is 27.1. The molecule has 0 heterocycles. The molecule has 2 atom stereocenters. The quantitative estimate of drug-likeness (QED) is 0.0626. The van der Waals surface area contributed by atoms with Gasteiger partial charge in [-0.3, -0.25) is 0 Å². The van der Waals surface area contributed by atoms with Crippen molar-refractivity contribution in [1.82, 2.24) is 0 Å². The molecule has 0 spiro atoms. The SMILES string of the molecule is CCCCCCCCCCCCCCCCC(C)c1cc(O)c(C(C)CCCCCCCCCCCCCCCC)cc1O. The summed E-state index contributed by atoms with van der Waals surface area (Å²) >= 11 is 0. The molecule has 1 aromatic carbocycles. The summed E-state index contributed by atoms with van der Waals surface area (Å²) in [5.41, 5.74) is 1.84. The number of unbranched alkanes of at least 4 members (excludes halogenated alkanes) is 26. The maximum atomic E-state index is 10.8. The van der Waals surface area contributed by atoms with Crippen LogP contribution in [0.4, 0.5) is 0 Å². The zero-order valence-electron chi connectivity index (χ0n) is 30.4. The fourth-order valence-electron chi connectivity index (χ4n) is 7.00. The smallest absolute Gasteiger partial charge is 0.119 e. The Balaban J connectivity index is 2.11. The van der Waals surface area contributed by atoms with E-state index in [1.165, 1.54) is 180 Å². The second kappa shape index (κ2) is 29.2. The topological polar surface area (TPSA) is 40.5 Å². The summed E-state index contributed by atoms with van der Waals surface area (Å²) < 4.78 is 0. The second-order valence-corrected chi connectivity index (χ2v) is 14.5. The van der Waals surface area contributed by atoms with Gasteiger partial charge in [0, 0.05) is 11.1 Å². The highest BCUT2D eigenvalue weighted by Gasteiger charge is 2.17. The first kappa shape index (κ1) is 40.8. The van der Waals surface area contributed by atoms with Crippen molar-refractivity contribution >= 4 is 0 Å². The Morgan fingerprint density at radius 3 is 0.795 bits per heavy atom. The molecule has 0 saturated heterocycles. The number of rotatable bonds is 32. The Bertz CT molecular complexity index is 693. The van der Waals surface area contributed by atoms with Crippen molar-refractivity contribution in [3.05, 3.63) is 23.3 Å². The van der Waals surface area contributed by atoms with Crippen LogP contribution in [0.5, 0.6) is 11.5 Å². The van der Waals surface area contributed by atoms with Gasteiger partial charge in [-0.15, -0.1) is 0 Å². The van der Waals surface area contributed by atoms with Crippen molar-refractivity contribution in [1.29, 1.82) is 0 Å². The Morgan fingerprint density at radius 2 is 0.568 bits per heavy atom. The van der Waals surface area contributed by atoms with Gasteiger partial charge in [-0.1, -0.05) is 207 Å². The molecule has 2 nitrogen and oxygen atoms in total. The van der Waals surface area contributed by atoms with E-state index in [1.807, 2.05) is 12.1 Å². The van der Waals surface area contributed by atoms with Crippen LogP contribution in [0.15, 0.2) is 12.1 Å². The van der Waals surface area contributed by atoms with E-state index in [9.17, 15) is 10.2 Å². The van der Waals surface area contributed by atoms with Crippen LogP contribution in [0.2, 0.25) is 0 Å². The first-order valence-corrected chi connectivity index (χ1v) is 20.1. The highest BCUT2D eigenvalue weighted by atomic mass is 16.3. The van der Waals surface area contributed by atoms with E-state index in [1.54, 1.807) is 0 Å². The van der Waals surface area contributed by atoms with Crippen LogP contribution in [0.25, 0.3) is 0 Å². The number of aromatic hydroxyl groups is 2. The molecule has 0 fully saturated rings. The Hall–Kier alpha value is -1.18. The van der Waals surface area contributed by atoms with E-state index in [2.05, 4.69) is 27.7 Å². The van der Waals surface area contributed by atoms with Gasteiger partial charge in [0.1, 0.15) is 11.5 Å². The number of phenols is 2. The highest BCUT2D eigenvalue weighted by Crippen LogP contribution is 2.39. The fraction of sp³-hybridized carbons (Fsp3) is 0.857. The number of hydrogen-bond donors (Lipinski definition) is 2. The lowest BCUT2D eigenvalue weighted by Gasteiger charge is -2.19. The molecule has 0 aliphatic carbocycles. The Labute approximate surface area is 276 Å². The van der Waals surface area contributed by atoms with Crippen molar-refractivity contribution in [3.63, 3.8) is 0 Å². The van der Waals surface area contributed by atoms with Gasteiger partial charge in [0.25, 0.3) is 0 Å². The molecule has 0 aliphatic rings. The summed E-state index contributed by atoms with van der Waals surface area (Å²) in [6.07, 6.45) is 40.8. The average Bonchev–Trinajstić information content (AvgIpc) is 3.02. The van der Waals surface area contributed by atoms with Gasteiger partial charge in [-0.2, -0.15) is 0 Å². The maximum Gasteiger partial charge on any atom is 0.119 e. The van der Waals surface area contributed by atoms with Crippen LogP contribution < -0.4 is 0 Å². The third kappa shape index (κ3) is 21.5. The standard InChI is InChI=1S/C42H78O2/c1-5-7-9-11-13-15-17-19-21-23-25-27-29-31-33-37(3)39-35-42(44)40(36-41(39)43)38(4)34-32-30-28-26-24-22-20-18-16-14-12-10-8-6-2/h35-38,43-44H,5-34H2,1-4H3. The molecule has 2 N–H and O–H groups in total. The number of benzene rings is 1. The summed E-state index contributed by atoms with van der Waals surface area (Å²) in [4.78, 5) is 0. The maximum absolute atomic E-state index is 10.8. The van der Waals surface area contributed by atoms with E-state index in [4.69, 9.17) is 0 Å². The number of hydrogen-bond acceptors (Lipinski definition) is 2. The third-order valence-corrected chi connectivity index (χ3v) is 10.2. The predicted molar refractivity (Wildman–Crippen MR) is 196 cm³/mol. The molecular weight excluding hydrogens is 536 g/mol. The lowest BCUT2D eigenvalue weighted by atomic mass is 9.88. The first-order chi connectivity index (χ1) is 21.5. The summed E-state index contributed by atoms with van der Waals surface area (Å²) in [7, 11) is 0. The van der Waals surface area contributed by atoms with Crippen LogP contribution in [0.3, 0.4) is 0 Å². The predicted octanol–water partition coefficient (Wildman–Crippen LogP) is 15.0. The molecule has 0 radical (unpaired) electrons. The molecule has 44 heavy (non-hydrogen) atoms. The summed E-state index contributed by atoms with van der Waals surface area (Å²) in [5, 5.41) is 21.7. The van der Waals surface area contributed by atoms with Crippen molar-refractivity contribution in [2.45, 2.75) is 232 Å². The van der Waals surface area contributed by atoms with Gasteiger partial charge in [0.05, 0.1) is 0 Å². The van der Waals surface area contributed by atoms with E-state index < -0.39 is 0 Å². The molecule has 2 unspecified atom stereocenters. The first-order valence-electron chi connectivity index (χ1n) is 20.1. The van der Waals surface area contributed by atoms with Crippen molar-refractivity contribution in [3.8, 4) is 11.5 Å². The van der Waals surface area contributed by atoms with Gasteiger partial charge in [-0.05, 0) is 36.8 Å². The second-order valence-electron chi connectivity index (χ2n) is 14.5. The van der Waals surface area contributed by atoms with Crippen LogP contribution >= 0.6 is 0 Å². The normalized spacial score (nSPS) is 13.0. The number of phenolic OH excluding ortho intramolecular Hbond substituents is 2. The lowest BCUT2D eigenvalue weighted by molar-refractivity contribution is 0.433. The van der Waals surface area contributed by atoms with Crippen molar-refractivity contribution < 1.29 is 10.2 Å². The molecule has 0 aliphatic heterocycles. The largest absolute Gasteiger partial charge is 0.508 e. The van der Waals surface area contributed by atoms with E-state index in [0.717, 1.165) is 24.0 Å². The Morgan fingerprint density at radius 1 is 0.364 bits per heavy atom. The fourth-order valence-corrected chi connectivity index (χ4v) is 7.00. The molecule has 0 saturated carbocycles. The summed E-state index contributed by atoms with van der Waals surface area (Å²) in [6, 6.07) is 3.72. The van der Waals surface area contributed by atoms with Crippen LogP contribution in [-0.4, -0.2) is 10.2 Å². The lowest BCUT2D eigenvalue weighted by Crippen LogP contribution is -1.99. The molecule has 1 aromatic rings. The van der Waals surface area contributed by atoms with Gasteiger partial charge in [0.15, 0.2) is 0 Å². The molecule has 0 amide bonds. The summed E-state index contributed by atoms with van der Waals surface area (Å²) in [6.45, 7) is 8.98. The average molecular weight is 615 g/mol. The minimum Gasteiger partial charge on any atom is -0.508 e. The van der Waals surface area contributed by atoms with Gasteiger partial charge in [0.2, 0.25) is 0 Å². The highest BCUT2D eigenvalue weighted by molar-refractivity contribution is 5.47. The van der Waals surface area contributed by atoms with Crippen molar-refractivity contribution in [2.24, 2.45) is 0 Å². The van der Waals surface area contributed by atoms with Crippen LogP contribution in [0.1, 0.15) is 243 Å². The third-order valence-electron chi connectivity index (χ3n) is 10.2. The van der Waals surface area contributed by atoms with E-state index in [-0.39, 0.29) is 11.8 Å². The monoisotopic (exact) mass is 615 g/mol. The van der Waals surface area contributed by atoms with E-state index >= 15 is 0 Å². The van der Waals surface area contributed by atoms with E-state index in [0.29, 0.717) is 11.5 Å². The molecule has 1 rings (SSSR count). The molecule has 0 bridgehead atoms. The molecule has 258 valence electrons.